The lowest BCUT2D eigenvalue weighted by molar-refractivity contribution is -0.132. The Labute approximate surface area is 189 Å². The molecule has 2 fully saturated rings. The fraction of sp³-hybridized carbons (Fsp3) is 0.560. The van der Waals surface area contributed by atoms with E-state index in [-0.39, 0.29) is 23.7 Å². The standard InChI is InChI=1S/C25H33N3O4/c1-16-13-20(17(2)27(16)14-19-7-6-12-32-19)21(29)15-28-22(30)25(26-23(28)31)10-8-18(9-11-25)24(3,4)5/h6-7,12-13,18H,8-11,14-15H2,1-5H3,(H,26,31). The summed E-state index contributed by atoms with van der Waals surface area (Å²) in [6.07, 6.45) is 4.66. The molecule has 1 saturated heterocycles. The molecule has 1 saturated carbocycles. The van der Waals surface area contributed by atoms with Gasteiger partial charge in [-0.15, -0.1) is 0 Å². The number of aromatic nitrogens is 1. The predicted molar refractivity (Wildman–Crippen MR) is 120 cm³/mol. The van der Waals surface area contributed by atoms with Crippen LogP contribution in [0.1, 0.15) is 74.0 Å². The zero-order valence-electron chi connectivity index (χ0n) is 19.7. The maximum atomic E-state index is 13.3. The molecule has 3 amide bonds. The molecule has 4 rings (SSSR count). The Morgan fingerprint density at radius 1 is 1.22 bits per heavy atom. The number of hydrogen-bond acceptors (Lipinski definition) is 4. The molecule has 2 aromatic rings. The molecule has 3 heterocycles. The lowest BCUT2D eigenvalue weighted by Gasteiger charge is -2.40. The fourth-order valence-corrected chi connectivity index (χ4v) is 5.25. The molecule has 7 heteroatoms. The molecule has 1 spiro atoms. The number of ketones is 1. The highest BCUT2D eigenvalue weighted by atomic mass is 16.3. The number of urea groups is 1. The summed E-state index contributed by atoms with van der Waals surface area (Å²) in [6.45, 7) is 10.8. The number of furan rings is 1. The summed E-state index contributed by atoms with van der Waals surface area (Å²) in [5.41, 5.74) is 1.59. The van der Waals surface area contributed by atoms with Crippen LogP contribution < -0.4 is 5.32 Å². The normalized spacial score (nSPS) is 23.8. The van der Waals surface area contributed by atoms with Crippen molar-refractivity contribution in [3.05, 3.63) is 47.2 Å². The summed E-state index contributed by atoms with van der Waals surface area (Å²) in [6, 6.07) is 5.09. The van der Waals surface area contributed by atoms with Crippen LogP contribution in [0.4, 0.5) is 4.79 Å². The van der Waals surface area contributed by atoms with E-state index >= 15 is 0 Å². The van der Waals surface area contributed by atoms with Crippen LogP contribution >= 0.6 is 0 Å². The first-order valence-electron chi connectivity index (χ1n) is 11.4. The first-order chi connectivity index (χ1) is 15.0. The molecule has 1 aliphatic carbocycles. The number of hydrogen-bond donors (Lipinski definition) is 1. The summed E-state index contributed by atoms with van der Waals surface area (Å²) in [5, 5.41) is 2.93. The van der Waals surface area contributed by atoms with Gasteiger partial charge in [0.2, 0.25) is 0 Å². The molecule has 0 unspecified atom stereocenters. The summed E-state index contributed by atoms with van der Waals surface area (Å²) < 4.78 is 7.44. The molecule has 1 aliphatic heterocycles. The van der Waals surface area contributed by atoms with E-state index in [9.17, 15) is 14.4 Å². The van der Waals surface area contributed by atoms with Gasteiger partial charge in [-0.1, -0.05) is 20.8 Å². The zero-order valence-corrected chi connectivity index (χ0v) is 19.7. The van der Waals surface area contributed by atoms with Gasteiger partial charge in [0.1, 0.15) is 11.3 Å². The average molecular weight is 440 g/mol. The zero-order chi connectivity index (χ0) is 23.3. The molecular formula is C25H33N3O4. The van der Waals surface area contributed by atoms with Gasteiger partial charge in [0.15, 0.2) is 5.78 Å². The Balaban J connectivity index is 1.47. The van der Waals surface area contributed by atoms with Gasteiger partial charge in [-0.05, 0) is 69.1 Å². The van der Waals surface area contributed by atoms with Crippen LogP contribution in [-0.4, -0.2) is 39.3 Å². The third kappa shape index (κ3) is 3.89. The van der Waals surface area contributed by atoms with Crippen LogP contribution in [0, 0.1) is 25.2 Å². The second kappa shape index (κ2) is 7.94. The largest absolute Gasteiger partial charge is 0.467 e. The Bertz CT molecular complexity index is 1030. The summed E-state index contributed by atoms with van der Waals surface area (Å²) >= 11 is 0. The summed E-state index contributed by atoms with van der Waals surface area (Å²) in [4.78, 5) is 40.2. The van der Waals surface area contributed by atoms with Crippen LogP contribution in [0.25, 0.3) is 0 Å². The van der Waals surface area contributed by atoms with Gasteiger partial charge in [0.05, 0.1) is 19.4 Å². The average Bonchev–Trinajstić information content (AvgIpc) is 3.39. The quantitative estimate of drug-likeness (QED) is 0.551. The van der Waals surface area contributed by atoms with Crippen LogP contribution in [0.3, 0.4) is 0 Å². The third-order valence-corrected chi connectivity index (χ3v) is 7.38. The van der Waals surface area contributed by atoms with E-state index in [2.05, 4.69) is 26.1 Å². The highest BCUT2D eigenvalue weighted by Gasteiger charge is 2.53. The molecule has 2 aromatic heterocycles. The maximum Gasteiger partial charge on any atom is 0.325 e. The van der Waals surface area contributed by atoms with E-state index in [1.807, 2.05) is 36.6 Å². The van der Waals surface area contributed by atoms with E-state index in [1.165, 1.54) is 0 Å². The highest BCUT2D eigenvalue weighted by molar-refractivity contribution is 6.11. The van der Waals surface area contributed by atoms with Crippen LogP contribution in [0.15, 0.2) is 28.9 Å². The minimum Gasteiger partial charge on any atom is -0.467 e. The van der Waals surface area contributed by atoms with E-state index in [0.29, 0.717) is 30.9 Å². The number of aryl methyl sites for hydroxylation is 1. The minimum atomic E-state index is -0.852. The molecule has 1 N–H and O–H groups in total. The number of amides is 3. The van der Waals surface area contributed by atoms with E-state index in [4.69, 9.17) is 4.42 Å². The number of Topliss-reactive ketones (excluding diaryl/α,β-unsaturated/α-hetero) is 1. The van der Waals surface area contributed by atoms with E-state index in [0.717, 1.165) is 34.9 Å². The molecule has 7 nitrogen and oxygen atoms in total. The van der Waals surface area contributed by atoms with Crippen molar-refractivity contribution in [3.8, 4) is 0 Å². The van der Waals surface area contributed by atoms with Crippen molar-refractivity contribution in [2.24, 2.45) is 11.3 Å². The van der Waals surface area contributed by atoms with Crippen LogP contribution in [-0.2, 0) is 11.3 Å². The Morgan fingerprint density at radius 3 is 2.50 bits per heavy atom. The molecule has 2 aliphatic rings. The molecule has 0 aromatic carbocycles. The topological polar surface area (TPSA) is 84.5 Å². The maximum absolute atomic E-state index is 13.3. The predicted octanol–water partition coefficient (Wildman–Crippen LogP) is 4.46. The van der Waals surface area contributed by atoms with Gasteiger partial charge in [-0.2, -0.15) is 0 Å². The Hall–Kier alpha value is -2.83. The lowest BCUT2D eigenvalue weighted by Crippen LogP contribution is -2.50. The van der Waals surface area contributed by atoms with Crippen molar-refractivity contribution < 1.29 is 18.8 Å². The summed E-state index contributed by atoms with van der Waals surface area (Å²) in [7, 11) is 0. The second-order valence-electron chi connectivity index (χ2n) is 10.4. The summed E-state index contributed by atoms with van der Waals surface area (Å²) in [5.74, 6) is 0.834. The Morgan fingerprint density at radius 2 is 1.91 bits per heavy atom. The number of nitrogens with zero attached hydrogens (tertiary/aromatic N) is 2. The lowest BCUT2D eigenvalue weighted by atomic mass is 9.67. The molecule has 0 bridgehead atoms. The first-order valence-corrected chi connectivity index (χ1v) is 11.4. The van der Waals surface area contributed by atoms with Gasteiger partial charge in [0.25, 0.3) is 5.91 Å². The Kier molecular flexibility index (Phi) is 5.55. The van der Waals surface area contributed by atoms with Crippen molar-refractivity contribution in [1.82, 2.24) is 14.8 Å². The SMILES string of the molecule is Cc1cc(C(=O)CN2C(=O)NC3(CCC(C(C)(C)C)CC3)C2=O)c(C)n1Cc1ccco1. The van der Waals surface area contributed by atoms with E-state index in [1.54, 1.807) is 6.26 Å². The number of carbonyl (C=O) groups is 3. The number of carbonyl (C=O) groups excluding carboxylic acids is 3. The highest BCUT2D eigenvalue weighted by Crippen LogP contribution is 2.43. The second-order valence-corrected chi connectivity index (χ2v) is 10.4. The number of nitrogens with one attached hydrogen (secondary N) is 1. The van der Waals surface area contributed by atoms with Gasteiger partial charge in [-0.3, -0.25) is 14.5 Å². The molecule has 172 valence electrons. The van der Waals surface area contributed by atoms with Gasteiger partial charge < -0.3 is 14.3 Å². The van der Waals surface area contributed by atoms with Gasteiger partial charge in [0, 0.05) is 17.0 Å². The van der Waals surface area contributed by atoms with Crippen LogP contribution in [0.2, 0.25) is 0 Å². The van der Waals surface area contributed by atoms with Crippen molar-refractivity contribution in [1.29, 1.82) is 0 Å². The van der Waals surface area contributed by atoms with Crippen molar-refractivity contribution in [2.45, 2.75) is 72.4 Å². The monoisotopic (exact) mass is 439 g/mol. The number of rotatable bonds is 5. The van der Waals surface area contributed by atoms with Gasteiger partial charge in [-0.25, -0.2) is 4.79 Å². The smallest absolute Gasteiger partial charge is 0.325 e. The van der Waals surface area contributed by atoms with Crippen LogP contribution in [0.5, 0.6) is 0 Å². The minimum absolute atomic E-state index is 0.182. The van der Waals surface area contributed by atoms with E-state index < -0.39 is 11.6 Å². The van der Waals surface area contributed by atoms with Gasteiger partial charge >= 0.3 is 6.03 Å². The molecule has 0 atom stereocenters. The third-order valence-electron chi connectivity index (χ3n) is 7.38. The molecule has 32 heavy (non-hydrogen) atoms. The fourth-order valence-electron chi connectivity index (χ4n) is 5.25. The molecular weight excluding hydrogens is 406 g/mol. The molecule has 0 radical (unpaired) electrons. The van der Waals surface area contributed by atoms with Crippen molar-refractivity contribution in [2.75, 3.05) is 6.54 Å². The van der Waals surface area contributed by atoms with Crippen molar-refractivity contribution >= 4 is 17.7 Å². The number of imide groups is 1. The first kappa shape index (κ1) is 22.4. The van der Waals surface area contributed by atoms with Crippen molar-refractivity contribution in [3.63, 3.8) is 0 Å².